The van der Waals surface area contributed by atoms with E-state index in [-0.39, 0.29) is 30.2 Å². The van der Waals surface area contributed by atoms with Gasteiger partial charge in [-0.25, -0.2) is 8.78 Å². The van der Waals surface area contributed by atoms with E-state index in [4.69, 9.17) is 0 Å². The van der Waals surface area contributed by atoms with Gasteiger partial charge in [0.05, 0.1) is 5.56 Å². The standard InChI is InChI=1S/C19H18F2N2O3/c1-12(24)13-4-7-15(8-5-13)23-18(25)3-2-10-22-19(26)16-9-6-14(20)11-17(16)21/h4-9,11H,2-3,10H2,1H3,(H,22,26)(H,23,25). The molecule has 0 aliphatic heterocycles. The molecule has 2 rings (SSSR count). The highest BCUT2D eigenvalue weighted by atomic mass is 19.1. The fourth-order valence-corrected chi connectivity index (χ4v) is 2.23. The predicted molar refractivity (Wildman–Crippen MR) is 93.0 cm³/mol. The Morgan fingerprint density at radius 3 is 2.31 bits per heavy atom. The molecule has 0 atom stereocenters. The molecular formula is C19H18F2N2O3. The summed E-state index contributed by atoms with van der Waals surface area (Å²) in [5.74, 6) is -2.66. The van der Waals surface area contributed by atoms with E-state index in [0.29, 0.717) is 23.7 Å². The number of rotatable bonds is 7. The minimum absolute atomic E-state index is 0.0591. The molecular weight excluding hydrogens is 342 g/mol. The molecule has 0 fully saturated rings. The number of carbonyl (C=O) groups is 3. The van der Waals surface area contributed by atoms with Crippen molar-refractivity contribution >= 4 is 23.3 Å². The predicted octanol–water partition coefficient (Wildman–Crippen LogP) is 3.32. The molecule has 136 valence electrons. The molecule has 0 heterocycles. The first kappa shape index (κ1) is 19.2. The van der Waals surface area contributed by atoms with Crippen LogP contribution in [0.2, 0.25) is 0 Å². The second kappa shape index (κ2) is 8.84. The molecule has 0 bridgehead atoms. The summed E-state index contributed by atoms with van der Waals surface area (Å²) in [4.78, 5) is 34.8. The van der Waals surface area contributed by atoms with Gasteiger partial charge in [0.2, 0.25) is 5.91 Å². The summed E-state index contributed by atoms with van der Waals surface area (Å²) in [6, 6.07) is 9.21. The van der Waals surface area contributed by atoms with Crippen molar-refractivity contribution in [3.05, 3.63) is 65.2 Å². The molecule has 2 amide bonds. The number of halogens is 2. The van der Waals surface area contributed by atoms with Crippen molar-refractivity contribution in [1.82, 2.24) is 5.32 Å². The lowest BCUT2D eigenvalue weighted by atomic mass is 10.1. The minimum atomic E-state index is -0.936. The van der Waals surface area contributed by atoms with Crippen molar-refractivity contribution in [3.8, 4) is 0 Å². The van der Waals surface area contributed by atoms with Gasteiger partial charge in [-0.05, 0) is 49.7 Å². The number of benzene rings is 2. The Hall–Kier alpha value is -3.09. The second-order valence-electron chi connectivity index (χ2n) is 5.67. The van der Waals surface area contributed by atoms with Crippen LogP contribution in [0.15, 0.2) is 42.5 Å². The van der Waals surface area contributed by atoms with Gasteiger partial charge in [-0.1, -0.05) is 0 Å². The van der Waals surface area contributed by atoms with Crippen LogP contribution in [-0.4, -0.2) is 24.1 Å². The molecule has 7 heteroatoms. The molecule has 0 aromatic heterocycles. The zero-order valence-corrected chi connectivity index (χ0v) is 14.1. The number of nitrogens with one attached hydrogen (secondary N) is 2. The summed E-state index contributed by atoms with van der Waals surface area (Å²) in [5, 5.41) is 5.16. The van der Waals surface area contributed by atoms with Crippen molar-refractivity contribution in [1.29, 1.82) is 0 Å². The minimum Gasteiger partial charge on any atom is -0.352 e. The molecule has 2 aromatic carbocycles. The maximum atomic E-state index is 13.5. The van der Waals surface area contributed by atoms with Gasteiger partial charge in [0.25, 0.3) is 5.91 Å². The molecule has 0 saturated heterocycles. The first-order chi connectivity index (χ1) is 12.4. The van der Waals surface area contributed by atoms with E-state index in [0.717, 1.165) is 12.1 Å². The van der Waals surface area contributed by atoms with Crippen LogP contribution in [-0.2, 0) is 4.79 Å². The Balaban J connectivity index is 1.74. The van der Waals surface area contributed by atoms with Crippen molar-refractivity contribution in [2.45, 2.75) is 19.8 Å². The number of ketones is 1. The van der Waals surface area contributed by atoms with Crippen LogP contribution < -0.4 is 10.6 Å². The normalized spacial score (nSPS) is 10.3. The van der Waals surface area contributed by atoms with E-state index in [1.165, 1.54) is 6.92 Å². The van der Waals surface area contributed by atoms with Crippen LogP contribution in [0.3, 0.4) is 0 Å². The summed E-state index contributed by atoms with van der Waals surface area (Å²) in [5.41, 5.74) is 0.873. The first-order valence-corrected chi connectivity index (χ1v) is 8.01. The van der Waals surface area contributed by atoms with Crippen molar-refractivity contribution in [2.75, 3.05) is 11.9 Å². The molecule has 0 aliphatic rings. The lowest BCUT2D eigenvalue weighted by molar-refractivity contribution is -0.116. The largest absolute Gasteiger partial charge is 0.352 e. The van der Waals surface area contributed by atoms with E-state index in [1.54, 1.807) is 24.3 Å². The van der Waals surface area contributed by atoms with E-state index in [1.807, 2.05) is 0 Å². The van der Waals surface area contributed by atoms with Crippen molar-refractivity contribution < 1.29 is 23.2 Å². The highest BCUT2D eigenvalue weighted by Crippen LogP contribution is 2.11. The van der Waals surface area contributed by atoms with Crippen molar-refractivity contribution in [3.63, 3.8) is 0 Å². The summed E-state index contributed by atoms with van der Waals surface area (Å²) in [6.45, 7) is 1.63. The molecule has 0 radical (unpaired) electrons. The number of hydrogen-bond donors (Lipinski definition) is 2. The highest BCUT2D eigenvalue weighted by molar-refractivity contribution is 5.96. The molecule has 0 saturated carbocycles. The number of anilines is 1. The third-order valence-corrected chi connectivity index (χ3v) is 3.62. The van der Waals surface area contributed by atoms with Gasteiger partial charge in [-0.2, -0.15) is 0 Å². The van der Waals surface area contributed by atoms with Gasteiger partial charge in [-0.3, -0.25) is 14.4 Å². The Morgan fingerprint density at radius 1 is 1.00 bits per heavy atom. The summed E-state index contributed by atoms with van der Waals surface area (Å²) < 4.78 is 26.3. The van der Waals surface area contributed by atoms with Gasteiger partial charge in [0, 0.05) is 30.3 Å². The third-order valence-electron chi connectivity index (χ3n) is 3.62. The van der Waals surface area contributed by atoms with E-state index >= 15 is 0 Å². The van der Waals surface area contributed by atoms with E-state index in [9.17, 15) is 23.2 Å². The number of hydrogen-bond acceptors (Lipinski definition) is 3. The quantitative estimate of drug-likeness (QED) is 0.588. The Morgan fingerprint density at radius 2 is 1.69 bits per heavy atom. The zero-order valence-electron chi connectivity index (χ0n) is 14.1. The van der Waals surface area contributed by atoms with Gasteiger partial charge < -0.3 is 10.6 Å². The Kier molecular flexibility index (Phi) is 6.54. The van der Waals surface area contributed by atoms with Gasteiger partial charge in [0.1, 0.15) is 11.6 Å². The second-order valence-corrected chi connectivity index (χ2v) is 5.67. The molecule has 0 aliphatic carbocycles. The Bertz CT molecular complexity index is 820. The van der Waals surface area contributed by atoms with Crippen LogP contribution in [0.1, 0.15) is 40.5 Å². The molecule has 0 spiro atoms. The topological polar surface area (TPSA) is 75.3 Å². The third kappa shape index (κ3) is 5.47. The van der Waals surface area contributed by atoms with Gasteiger partial charge in [0.15, 0.2) is 5.78 Å². The molecule has 2 aromatic rings. The summed E-state index contributed by atoms with van der Waals surface area (Å²) in [6.07, 6.45) is 0.507. The number of amides is 2. The summed E-state index contributed by atoms with van der Waals surface area (Å²) in [7, 11) is 0. The average Bonchev–Trinajstić information content (AvgIpc) is 2.59. The first-order valence-electron chi connectivity index (χ1n) is 8.01. The Labute approximate surface area is 149 Å². The van der Waals surface area contributed by atoms with Crippen LogP contribution in [0.5, 0.6) is 0 Å². The fourth-order valence-electron chi connectivity index (χ4n) is 2.23. The molecule has 5 nitrogen and oxygen atoms in total. The maximum absolute atomic E-state index is 13.5. The molecule has 2 N–H and O–H groups in total. The average molecular weight is 360 g/mol. The maximum Gasteiger partial charge on any atom is 0.254 e. The molecule has 26 heavy (non-hydrogen) atoms. The smallest absolute Gasteiger partial charge is 0.254 e. The summed E-state index contributed by atoms with van der Waals surface area (Å²) >= 11 is 0. The van der Waals surface area contributed by atoms with Crippen LogP contribution in [0, 0.1) is 11.6 Å². The SMILES string of the molecule is CC(=O)c1ccc(NC(=O)CCCNC(=O)c2ccc(F)cc2F)cc1. The molecule has 0 unspecified atom stereocenters. The van der Waals surface area contributed by atoms with E-state index < -0.39 is 17.5 Å². The lowest BCUT2D eigenvalue weighted by Gasteiger charge is -2.07. The number of carbonyl (C=O) groups excluding carboxylic acids is 3. The van der Waals surface area contributed by atoms with Crippen LogP contribution >= 0.6 is 0 Å². The van der Waals surface area contributed by atoms with Gasteiger partial charge in [-0.15, -0.1) is 0 Å². The van der Waals surface area contributed by atoms with Gasteiger partial charge >= 0.3 is 0 Å². The van der Waals surface area contributed by atoms with Crippen molar-refractivity contribution in [2.24, 2.45) is 0 Å². The fraction of sp³-hybridized carbons (Fsp3) is 0.211. The zero-order chi connectivity index (χ0) is 19.1. The van der Waals surface area contributed by atoms with Crippen LogP contribution in [0.25, 0.3) is 0 Å². The van der Waals surface area contributed by atoms with E-state index in [2.05, 4.69) is 10.6 Å². The number of Topliss-reactive ketones (excluding diaryl/α,β-unsaturated/α-hetero) is 1. The lowest BCUT2D eigenvalue weighted by Crippen LogP contribution is -2.26. The monoisotopic (exact) mass is 360 g/mol. The highest BCUT2D eigenvalue weighted by Gasteiger charge is 2.12. The van der Waals surface area contributed by atoms with Crippen LogP contribution in [0.4, 0.5) is 14.5 Å².